The third kappa shape index (κ3) is 3.24. The third-order valence-electron chi connectivity index (χ3n) is 2.90. The highest BCUT2D eigenvalue weighted by Crippen LogP contribution is 2.25. The highest BCUT2D eigenvalue weighted by Gasteiger charge is 2.12. The predicted molar refractivity (Wildman–Crippen MR) is 76.6 cm³/mol. The van der Waals surface area contributed by atoms with Gasteiger partial charge in [-0.3, -0.25) is 10.1 Å². The van der Waals surface area contributed by atoms with E-state index < -0.39 is 4.92 Å². The smallest absolute Gasteiger partial charge is 0.269 e. The van der Waals surface area contributed by atoms with Crippen LogP contribution < -0.4 is 4.90 Å². The normalized spacial score (nSPS) is 10.3. The van der Waals surface area contributed by atoms with Crippen LogP contribution in [0.5, 0.6) is 0 Å². The van der Waals surface area contributed by atoms with Crippen LogP contribution in [-0.2, 0) is 6.54 Å². The van der Waals surface area contributed by atoms with E-state index in [9.17, 15) is 14.5 Å². The first-order valence-corrected chi connectivity index (χ1v) is 6.24. The molecular formula is C14H12ClFN2O2. The maximum atomic E-state index is 13.2. The second kappa shape index (κ2) is 5.88. The van der Waals surface area contributed by atoms with Crippen LogP contribution in [0.15, 0.2) is 42.5 Å². The van der Waals surface area contributed by atoms with Crippen molar-refractivity contribution in [2.45, 2.75) is 6.54 Å². The topological polar surface area (TPSA) is 46.4 Å². The number of hydrogen-bond acceptors (Lipinski definition) is 3. The second-order valence-electron chi connectivity index (χ2n) is 4.37. The first kappa shape index (κ1) is 14.3. The lowest BCUT2D eigenvalue weighted by atomic mass is 10.1. The number of halogens is 2. The van der Waals surface area contributed by atoms with E-state index >= 15 is 0 Å². The Balaban J connectivity index is 2.25. The van der Waals surface area contributed by atoms with Crippen molar-refractivity contribution in [1.82, 2.24) is 0 Å². The molecule has 0 atom stereocenters. The summed E-state index contributed by atoms with van der Waals surface area (Å²) in [7, 11) is 1.77. The van der Waals surface area contributed by atoms with Crippen LogP contribution in [0.3, 0.4) is 0 Å². The van der Waals surface area contributed by atoms with Crippen molar-refractivity contribution in [2.24, 2.45) is 0 Å². The molecule has 0 heterocycles. The van der Waals surface area contributed by atoms with Crippen LogP contribution in [0, 0.1) is 15.9 Å². The fraction of sp³-hybridized carbons (Fsp3) is 0.143. The largest absolute Gasteiger partial charge is 0.370 e. The van der Waals surface area contributed by atoms with Crippen molar-refractivity contribution in [3.63, 3.8) is 0 Å². The number of nitro groups is 1. The minimum atomic E-state index is -0.470. The van der Waals surface area contributed by atoms with E-state index in [1.54, 1.807) is 24.1 Å². The summed E-state index contributed by atoms with van der Waals surface area (Å²) in [5.41, 5.74) is 1.28. The Bertz CT molecular complexity index is 649. The molecule has 0 fully saturated rings. The lowest BCUT2D eigenvalue weighted by Crippen LogP contribution is -2.16. The number of benzene rings is 2. The molecule has 0 radical (unpaired) electrons. The molecule has 6 heteroatoms. The molecule has 0 aliphatic rings. The minimum absolute atomic E-state index is 0.0166. The van der Waals surface area contributed by atoms with Crippen molar-refractivity contribution >= 4 is 23.0 Å². The van der Waals surface area contributed by atoms with Crippen molar-refractivity contribution in [1.29, 1.82) is 0 Å². The highest BCUT2D eigenvalue weighted by atomic mass is 35.5. The van der Waals surface area contributed by atoms with Gasteiger partial charge in [-0.15, -0.1) is 0 Å². The van der Waals surface area contributed by atoms with Crippen LogP contribution in [0.1, 0.15) is 5.56 Å². The van der Waals surface area contributed by atoms with Gasteiger partial charge in [-0.05, 0) is 29.8 Å². The van der Waals surface area contributed by atoms with Gasteiger partial charge in [0.25, 0.3) is 5.69 Å². The van der Waals surface area contributed by atoms with Gasteiger partial charge < -0.3 is 4.90 Å². The molecule has 0 spiro atoms. The fourth-order valence-corrected chi connectivity index (χ4v) is 2.03. The molecule has 0 bridgehead atoms. The van der Waals surface area contributed by atoms with E-state index in [0.29, 0.717) is 22.8 Å². The lowest BCUT2D eigenvalue weighted by Gasteiger charge is -2.20. The van der Waals surface area contributed by atoms with Gasteiger partial charge in [0.2, 0.25) is 0 Å². The van der Waals surface area contributed by atoms with Gasteiger partial charge in [-0.25, -0.2) is 4.39 Å². The van der Waals surface area contributed by atoms with Crippen molar-refractivity contribution in [2.75, 3.05) is 11.9 Å². The molecule has 4 nitrogen and oxygen atoms in total. The van der Waals surface area contributed by atoms with Gasteiger partial charge in [-0.2, -0.15) is 0 Å². The lowest BCUT2D eigenvalue weighted by molar-refractivity contribution is -0.384. The minimum Gasteiger partial charge on any atom is -0.370 e. The monoisotopic (exact) mass is 294 g/mol. The molecule has 2 aromatic carbocycles. The summed E-state index contributed by atoms with van der Waals surface area (Å²) in [5.74, 6) is -0.334. The molecule has 0 N–H and O–H groups in total. The Kier molecular flexibility index (Phi) is 4.20. The SMILES string of the molecule is CN(Cc1cc([N+](=O)[O-])ccc1Cl)c1cccc(F)c1. The molecule has 0 aliphatic heterocycles. The zero-order valence-electron chi connectivity index (χ0n) is 10.7. The van der Waals surface area contributed by atoms with Gasteiger partial charge in [-0.1, -0.05) is 17.7 Å². The van der Waals surface area contributed by atoms with Gasteiger partial charge >= 0.3 is 0 Å². The number of anilines is 1. The average molecular weight is 295 g/mol. The molecule has 0 aliphatic carbocycles. The summed E-state index contributed by atoms with van der Waals surface area (Å²) in [6, 6.07) is 10.4. The molecule has 20 heavy (non-hydrogen) atoms. The molecular weight excluding hydrogens is 283 g/mol. The van der Waals surface area contributed by atoms with Crippen LogP contribution in [0.25, 0.3) is 0 Å². The average Bonchev–Trinajstić information content (AvgIpc) is 2.41. The Morgan fingerprint density at radius 1 is 1.30 bits per heavy atom. The quantitative estimate of drug-likeness (QED) is 0.632. The summed E-state index contributed by atoms with van der Waals surface area (Å²) < 4.78 is 13.2. The highest BCUT2D eigenvalue weighted by molar-refractivity contribution is 6.31. The van der Waals surface area contributed by atoms with E-state index in [1.807, 2.05) is 0 Å². The Labute approximate surface area is 120 Å². The van der Waals surface area contributed by atoms with E-state index in [4.69, 9.17) is 11.6 Å². The van der Waals surface area contributed by atoms with E-state index in [2.05, 4.69) is 0 Å². The Morgan fingerprint density at radius 2 is 2.05 bits per heavy atom. The van der Waals surface area contributed by atoms with E-state index in [-0.39, 0.29) is 11.5 Å². The van der Waals surface area contributed by atoms with Crippen LogP contribution in [0.2, 0.25) is 5.02 Å². The molecule has 0 saturated heterocycles. The molecule has 0 unspecified atom stereocenters. The van der Waals surface area contributed by atoms with Crippen molar-refractivity contribution < 1.29 is 9.31 Å². The van der Waals surface area contributed by atoms with Crippen LogP contribution in [-0.4, -0.2) is 12.0 Å². The summed E-state index contributed by atoms with van der Waals surface area (Å²) in [4.78, 5) is 12.1. The molecule has 104 valence electrons. The number of non-ortho nitro benzene ring substituents is 1. The van der Waals surface area contributed by atoms with Gasteiger partial charge in [0.05, 0.1) is 4.92 Å². The molecule has 2 aromatic rings. The molecule has 0 aromatic heterocycles. The van der Waals surface area contributed by atoms with E-state index in [0.717, 1.165) is 0 Å². The van der Waals surface area contributed by atoms with Gasteiger partial charge in [0.1, 0.15) is 5.82 Å². The van der Waals surface area contributed by atoms with Crippen molar-refractivity contribution in [3.8, 4) is 0 Å². The van der Waals surface area contributed by atoms with Crippen LogP contribution >= 0.6 is 11.6 Å². The number of rotatable bonds is 4. The standard InChI is InChI=1S/C14H12ClFN2O2/c1-17(12-4-2-3-11(16)8-12)9-10-7-13(18(19)20)5-6-14(10)15/h2-8H,9H2,1H3. The maximum absolute atomic E-state index is 13.2. The number of nitrogens with zero attached hydrogens (tertiary/aromatic N) is 2. The predicted octanol–water partition coefficient (Wildman–Crippen LogP) is 4.02. The maximum Gasteiger partial charge on any atom is 0.269 e. The van der Waals surface area contributed by atoms with Crippen molar-refractivity contribution in [3.05, 3.63) is 69.0 Å². The molecule has 0 saturated carbocycles. The summed E-state index contributed by atoms with van der Waals surface area (Å²) in [5, 5.41) is 11.2. The Hall–Kier alpha value is -2.14. The van der Waals surface area contributed by atoms with Crippen LogP contribution in [0.4, 0.5) is 15.8 Å². The summed E-state index contributed by atoms with van der Waals surface area (Å²) >= 11 is 6.04. The first-order chi connectivity index (χ1) is 9.47. The third-order valence-corrected chi connectivity index (χ3v) is 3.27. The second-order valence-corrected chi connectivity index (χ2v) is 4.78. The van der Waals surface area contributed by atoms with E-state index in [1.165, 1.54) is 30.3 Å². The first-order valence-electron chi connectivity index (χ1n) is 5.87. The summed E-state index contributed by atoms with van der Waals surface area (Å²) in [6.45, 7) is 0.351. The molecule has 2 rings (SSSR count). The Morgan fingerprint density at radius 3 is 2.70 bits per heavy atom. The zero-order chi connectivity index (χ0) is 14.7. The number of hydrogen-bond donors (Lipinski definition) is 0. The fourth-order valence-electron chi connectivity index (χ4n) is 1.86. The zero-order valence-corrected chi connectivity index (χ0v) is 11.5. The van der Waals surface area contributed by atoms with Gasteiger partial charge in [0, 0.05) is 36.4 Å². The number of nitro benzene ring substituents is 1. The van der Waals surface area contributed by atoms with Gasteiger partial charge in [0.15, 0.2) is 0 Å². The molecule has 0 amide bonds. The summed E-state index contributed by atoms with van der Waals surface area (Å²) in [6.07, 6.45) is 0.